The Morgan fingerprint density at radius 1 is 0.935 bits per heavy atom. The topological polar surface area (TPSA) is 82.6 Å². The van der Waals surface area contributed by atoms with E-state index in [1.165, 1.54) is 5.56 Å². The molecule has 1 atom stereocenters. The largest absolute Gasteiger partial charge is 0.357 e. The van der Waals surface area contributed by atoms with Crippen LogP contribution in [0.3, 0.4) is 0 Å². The molecule has 0 radical (unpaired) electrons. The van der Waals surface area contributed by atoms with Crippen molar-refractivity contribution in [2.24, 2.45) is 4.99 Å². The minimum absolute atomic E-state index is 0. The molecule has 0 spiro atoms. The highest BCUT2D eigenvalue weighted by molar-refractivity contribution is 14.0. The summed E-state index contributed by atoms with van der Waals surface area (Å²) in [7, 11) is -3.39. The van der Waals surface area contributed by atoms with Gasteiger partial charge in [0.05, 0.1) is 12.3 Å². The predicted molar refractivity (Wildman–Crippen MR) is 140 cm³/mol. The molecule has 31 heavy (non-hydrogen) atoms. The van der Waals surface area contributed by atoms with Gasteiger partial charge in [-0.2, -0.15) is 0 Å². The lowest BCUT2D eigenvalue weighted by molar-refractivity contribution is 0.569. The fourth-order valence-corrected chi connectivity index (χ4v) is 4.61. The van der Waals surface area contributed by atoms with Gasteiger partial charge in [-0.3, -0.25) is 0 Å². The van der Waals surface area contributed by atoms with Crippen LogP contribution in [0.5, 0.6) is 0 Å². The van der Waals surface area contributed by atoms with Crippen molar-refractivity contribution < 1.29 is 8.42 Å². The summed E-state index contributed by atoms with van der Waals surface area (Å²) in [6.07, 6.45) is 0. The normalized spacial score (nSPS) is 12.9. The first kappa shape index (κ1) is 27.4. The molecule has 2 aromatic rings. The van der Waals surface area contributed by atoms with Gasteiger partial charge in [0.2, 0.25) is 10.0 Å². The number of nitrogens with zero attached hydrogens (tertiary/aromatic N) is 1. The highest BCUT2D eigenvalue weighted by Gasteiger charge is 2.15. The van der Waals surface area contributed by atoms with Crippen molar-refractivity contribution in [1.82, 2.24) is 15.4 Å². The van der Waals surface area contributed by atoms with Crippen LogP contribution in [0.25, 0.3) is 0 Å². The van der Waals surface area contributed by atoms with Crippen molar-refractivity contribution in [1.29, 1.82) is 0 Å². The zero-order chi connectivity index (χ0) is 22.0. The van der Waals surface area contributed by atoms with Crippen LogP contribution >= 0.6 is 24.0 Å². The monoisotopic (exact) mass is 558 g/mol. The van der Waals surface area contributed by atoms with Gasteiger partial charge < -0.3 is 10.6 Å². The van der Waals surface area contributed by atoms with Gasteiger partial charge in [-0.1, -0.05) is 61.5 Å². The maximum absolute atomic E-state index is 12.3. The number of guanidine groups is 1. The van der Waals surface area contributed by atoms with Crippen molar-refractivity contribution in [3.63, 3.8) is 0 Å². The van der Waals surface area contributed by atoms with Crippen LogP contribution in [0.15, 0.2) is 59.6 Å². The molecule has 2 aromatic carbocycles. The molecule has 8 heteroatoms. The van der Waals surface area contributed by atoms with E-state index in [2.05, 4.69) is 39.4 Å². The van der Waals surface area contributed by atoms with Gasteiger partial charge >= 0.3 is 0 Å². The molecule has 0 saturated heterocycles. The zero-order valence-corrected chi connectivity index (χ0v) is 21.9. The summed E-state index contributed by atoms with van der Waals surface area (Å²) in [6.45, 7) is 9.74. The van der Waals surface area contributed by atoms with Crippen LogP contribution in [-0.2, 0) is 22.3 Å². The van der Waals surface area contributed by atoms with Crippen molar-refractivity contribution >= 4 is 40.0 Å². The number of hydrogen-bond donors (Lipinski definition) is 3. The van der Waals surface area contributed by atoms with E-state index in [0.717, 1.165) is 30.2 Å². The summed E-state index contributed by atoms with van der Waals surface area (Å²) in [4.78, 5) is 4.68. The van der Waals surface area contributed by atoms with Crippen LogP contribution in [0.4, 0.5) is 0 Å². The van der Waals surface area contributed by atoms with Crippen LogP contribution in [-0.4, -0.2) is 33.5 Å². The third kappa shape index (κ3) is 10.0. The Balaban J connectivity index is 0.00000480. The first-order valence-corrected chi connectivity index (χ1v) is 12.1. The van der Waals surface area contributed by atoms with Gasteiger partial charge in [0.25, 0.3) is 0 Å². The Hall–Kier alpha value is -1.65. The molecular formula is C23H35IN4O2S. The maximum Gasteiger partial charge on any atom is 0.216 e. The molecule has 0 aliphatic heterocycles. The number of halogens is 1. The van der Waals surface area contributed by atoms with Crippen LogP contribution < -0.4 is 15.4 Å². The molecule has 1 unspecified atom stereocenters. The van der Waals surface area contributed by atoms with Crippen molar-refractivity contribution in [2.75, 3.05) is 13.1 Å². The molecule has 0 bridgehead atoms. The molecule has 0 aliphatic rings. The average Bonchev–Trinajstić information content (AvgIpc) is 2.70. The quantitative estimate of drug-likeness (QED) is 0.234. The Bertz CT molecular complexity index is 918. The standard InChI is InChI=1S/C23H34N4O2S.HI/c1-5-24-23(25-15-19(4)20-11-7-6-8-12-20)26-16-21-13-9-10-14-22(21)17-30(28,29)27-18(2)3;/h6-14,18-19,27H,5,15-17H2,1-4H3,(H2,24,25,26);1H. The predicted octanol–water partition coefficient (Wildman–Crippen LogP) is 3.99. The lowest BCUT2D eigenvalue weighted by Crippen LogP contribution is -2.39. The number of rotatable bonds is 10. The highest BCUT2D eigenvalue weighted by atomic mass is 127. The van der Waals surface area contributed by atoms with Gasteiger partial charge in [0.15, 0.2) is 5.96 Å². The van der Waals surface area contributed by atoms with E-state index in [1.54, 1.807) is 0 Å². The summed E-state index contributed by atoms with van der Waals surface area (Å²) in [6, 6.07) is 17.8. The molecule has 2 rings (SSSR count). The van der Waals surface area contributed by atoms with Crippen LogP contribution in [0.1, 0.15) is 50.3 Å². The summed E-state index contributed by atoms with van der Waals surface area (Å²) in [5, 5.41) is 6.65. The van der Waals surface area contributed by atoms with Gasteiger partial charge in [0, 0.05) is 19.1 Å². The Labute approximate surface area is 204 Å². The Morgan fingerprint density at radius 2 is 1.55 bits per heavy atom. The molecule has 0 saturated carbocycles. The van der Waals surface area contributed by atoms with E-state index in [4.69, 9.17) is 0 Å². The second-order valence-corrected chi connectivity index (χ2v) is 9.44. The number of benzene rings is 2. The molecule has 172 valence electrons. The fraction of sp³-hybridized carbons (Fsp3) is 0.435. The van der Waals surface area contributed by atoms with Crippen molar-refractivity contribution in [3.05, 3.63) is 71.3 Å². The highest BCUT2D eigenvalue weighted by Crippen LogP contribution is 2.15. The van der Waals surface area contributed by atoms with E-state index in [1.807, 2.05) is 63.2 Å². The smallest absolute Gasteiger partial charge is 0.216 e. The van der Waals surface area contributed by atoms with Crippen molar-refractivity contribution in [2.45, 2.75) is 52.0 Å². The lowest BCUT2D eigenvalue weighted by atomic mass is 10.0. The zero-order valence-electron chi connectivity index (χ0n) is 18.8. The summed E-state index contributed by atoms with van der Waals surface area (Å²) in [5.41, 5.74) is 2.94. The van der Waals surface area contributed by atoms with Crippen LogP contribution in [0.2, 0.25) is 0 Å². The second-order valence-electron chi connectivity index (χ2n) is 7.69. The molecule has 0 aliphatic carbocycles. The van der Waals surface area contributed by atoms with E-state index in [9.17, 15) is 8.42 Å². The molecular weight excluding hydrogens is 523 g/mol. The van der Waals surface area contributed by atoms with Gasteiger partial charge in [-0.15, -0.1) is 24.0 Å². The number of hydrogen-bond acceptors (Lipinski definition) is 3. The maximum atomic E-state index is 12.3. The molecule has 0 aromatic heterocycles. The average molecular weight is 559 g/mol. The van der Waals surface area contributed by atoms with Gasteiger partial charge in [-0.25, -0.2) is 18.1 Å². The Kier molecular flexibility index (Phi) is 12.1. The van der Waals surface area contributed by atoms with Crippen LogP contribution in [0, 0.1) is 0 Å². The molecule has 0 heterocycles. The van der Waals surface area contributed by atoms with E-state index >= 15 is 0 Å². The first-order chi connectivity index (χ1) is 14.3. The second kappa shape index (κ2) is 13.7. The first-order valence-electron chi connectivity index (χ1n) is 10.4. The third-order valence-corrected chi connectivity index (χ3v) is 6.10. The summed E-state index contributed by atoms with van der Waals surface area (Å²) < 4.78 is 27.3. The third-order valence-electron chi connectivity index (χ3n) is 4.58. The minimum atomic E-state index is -3.39. The van der Waals surface area contributed by atoms with E-state index in [-0.39, 0.29) is 35.8 Å². The minimum Gasteiger partial charge on any atom is -0.357 e. The Morgan fingerprint density at radius 3 is 2.16 bits per heavy atom. The van der Waals surface area contributed by atoms with Crippen molar-refractivity contribution in [3.8, 4) is 0 Å². The van der Waals surface area contributed by atoms with Gasteiger partial charge in [0.1, 0.15) is 0 Å². The van der Waals surface area contributed by atoms with E-state index < -0.39 is 10.0 Å². The fourth-order valence-electron chi connectivity index (χ4n) is 3.11. The number of aliphatic imine (C=N–C) groups is 1. The molecule has 6 nitrogen and oxygen atoms in total. The summed E-state index contributed by atoms with van der Waals surface area (Å²) >= 11 is 0. The lowest BCUT2D eigenvalue weighted by Gasteiger charge is -2.17. The molecule has 0 fully saturated rings. The molecule has 3 N–H and O–H groups in total. The van der Waals surface area contributed by atoms with E-state index in [0.29, 0.717) is 12.5 Å². The SMILES string of the molecule is CCNC(=NCc1ccccc1CS(=O)(=O)NC(C)C)NCC(C)c1ccccc1.I. The summed E-state index contributed by atoms with van der Waals surface area (Å²) in [5.74, 6) is 1.01. The number of nitrogens with one attached hydrogen (secondary N) is 3. The van der Waals surface area contributed by atoms with Gasteiger partial charge in [-0.05, 0) is 43.4 Å². The number of sulfonamides is 1. The molecule has 0 amide bonds.